The largest absolute Gasteiger partial charge is 0.393 e. The molecule has 2 atom stereocenters. The molecule has 0 heterocycles. The third-order valence-corrected chi connectivity index (χ3v) is 7.61. The van der Waals surface area contributed by atoms with E-state index < -0.39 is 0 Å². The molecule has 2 N–H and O–H groups in total. The van der Waals surface area contributed by atoms with Gasteiger partial charge in [0.25, 0.3) is 0 Å². The Bertz CT molecular complexity index is 323. The number of hydrogen-bond acceptors (Lipinski definition) is 2. The first-order valence-corrected chi connectivity index (χ1v) is 16.1. The summed E-state index contributed by atoms with van der Waals surface area (Å²) in [6, 6.07) is 0. The molecule has 0 aromatic heterocycles. The average Bonchev–Trinajstić information content (AvgIpc) is 2.83. The van der Waals surface area contributed by atoms with E-state index in [9.17, 15) is 10.2 Å². The van der Waals surface area contributed by atoms with E-state index in [2.05, 4.69) is 13.8 Å². The van der Waals surface area contributed by atoms with Crippen molar-refractivity contribution in [1.29, 1.82) is 0 Å². The van der Waals surface area contributed by atoms with Crippen LogP contribution in [0.15, 0.2) is 0 Å². The highest BCUT2D eigenvalue weighted by Gasteiger charge is 2.05. The Kier molecular flexibility index (Phi) is 29.1. The van der Waals surface area contributed by atoms with Gasteiger partial charge in [0.2, 0.25) is 0 Å². The molecular formula is C32H66O2. The van der Waals surface area contributed by atoms with Crippen LogP contribution in [0.1, 0.15) is 194 Å². The number of unbranched alkanes of at least 4 members (excludes halogenated alkanes) is 21. The van der Waals surface area contributed by atoms with Crippen molar-refractivity contribution in [3.05, 3.63) is 0 Å². The van der Waals surface area contributed by atoms with Gasteiger partial charge in [0, 0.05) is 0 Å². The third kappa shape index (κ3) is 28.2. The summed E-state index contributed by atoms with van der Waals surface area (Å²) < 4.78 is 0. The lowest BCUT2D eigenvalue weighted by Gasteiger charge is -2.10. The van der Waals surface area contributed by atoms with E-state index in [0.29, 0.717) is 0 Å². The van der Waals surface area contributed by atoms with Crippen LogP contribution < -0.4 is 0 Å². The maximum atomic E-state index is 10.1. The molecule has 0 aliphatic heterocycles. The number of rotatable bonds is 29. The molecular weight excluding hydrogens is 416 g/mol. The van der Waals surface area contributed by atoms with E-state index in [0.717, 1.165) is 25.7 Å². The molecule has 0 aromatic rings. The summed E-state index contributed by atoms with van der Waals surface area (Å²) in [6.07, 6.45) is 35.8. The summed E-state index contributed by atoms with van der Waals surface area (Å²) in [4.78, 5) is 0. The van der Waals surface area contributed by atoms with Gasteiger partial charge in [0.15, 0.2) is 0 Å². The molecule has 2 nitrogen and oxygen atoms in total. The topological polar surface area (TPSA) is 40.5 Å². The molecule has 0 bridgehead atoms. The molecule has 0 radical (unpaired) electrons. The number of aliphatic hydroxyl groups excluding tert-OH is 2. The smallest absolute Gasteiger partial charge is 0.0540 e. The molecule has 0 saturated heterocycles. The van der Waals surface area contributed by atoms with Crippen LogP contribution in [-0.2, 0) is 0 Å². The second-order valence-electron chi connectivity index (χ2n) is 11.2. The second kappa shape index (κ2) is 29.2. The summed E-state index contributed by atoms with van der Waals surface area (Å²) >= 11 is 0. The van der Waals surface area contributed by atoms with Crippen molar-refractivity contribution >= 4 is 0 Å². The summed E-state index contributed by atoms with van der Waals surface area (Å²) in [5.41, 5.74) is 0. The van der Waals surface area contributed by atoms with Gasteiger partial charge in [0.1, 0.15) is 0 Å². The molecule has 0 aliphatic rings. The number of hydrogen-bond donors (Lipinski definition) is 2. The predicted octanol–water partition coefficient (Wildman–Crippen LogP) is 10.7. The standard InChI is InChI=1S/C32H66O2/c1-3-5-7-9-15-19-23-27-31(33)29-25-21-17-13-11-12-14-18-22-26-30-32(34)28-24-20-16-10-8-6-4-2/h31-34H,3-30H2,1-2H3. The fourth-order valence-corrected chi connectivity index (χ4v) is 5.14. The average molecular weight is 483 g/mol. The zero-order valence-electron chi connectivity index (χ0n) is 23.8. The van der Waals surface area contributed by atoms with Gasteiger partial charge in [-0.3, -0.25) is 0 Å². The fraction of sp³-hybridized carbons (Fsp3) is 1.00. The Hall–Kier alpha value is -0.0800. The van der Waals surface area contributed by atoms with Gasteiger partial charge >= 0.3 is 0 Å². The minimum atomic E-state index is -0.0512. The van der Waals surface area contributed by atoms with E-state index in [1.54, 1.807) is 0 Å². The summed E-state index contributed by atoms with van der Waals surface area (Å²) in [6.45, 7) is 4.54. The maximum absolute atomic E-state index is 10.1. The molecule has 0 saturated carbocycles. The minimum absolute atomic E-state index is 0.0512. The molecule has 2 unspecified atom stereocenters. The Morgan fingerprint density at radius 1 is 0.294 bits per heavy atom. The van der Waals surface area contributed by atoms with Crippen LogP contribution in [-0.4, -0.2) is 22.4 Å². The van der Waals surface area contributed by atoms with E-state index in [1.165, 1.54) is 154 Å². The summed E-state index contributed by atoms with van der Waals surface area (Å²) in [5, 5.41) is 20.3. The van der Waals surface area contributed by atoms with Crippen LogP contribution in [0, 0.1) is 0 Å². The van der Waals surface area contributed by atoms with Crippen LogP contribution in [0.3, 0.4) is 0 Å². The lowest BCUT2D eigenvalue weighted by atomic mass is 10.0. The van der Waals surface area contributed by atoms with E-state index in [-0.39, 0.29) is 12.2 Å². The maximum Gasteiger partial charge on any atom is 0.0540 e. The van der Waals surface area contributed by atoms with Gasteiger partial charge in [-0.05, 0) is 25.7 Å². The van der Waals surface area contributed by atoms with Crippen LogP contribution in [0.25, 0.3) is 0 Å². The van der Waals surface area contributed by atoms with E-state index >= 15 is 0 Å². The van der Waals surface area contributed by atoms with Crippen molar-refractivity contribution in [2.45, 2.75) is 206 Å². The van der Waals surface area contributed by atoms with E-state index in [1.807, 2.05) is 0 Å². The van der Waals surface area contributed by atoms with Crippen LogP contribution in [0.5, 0.6) is 0 Å². The molecule has 206 valence electrons. The first kappa shape index (κ1) is 33.9. The van der Waals surface area contributed by atoms with Crippen molar-refractivity contribution in [2.75, 3.05) is 0 Å². The van der Waals surface area contributed by atoms with Crippen LogP contribution in [0.2, 0.25) is 0 Å². The molecule has 0 amide bonds. The van der Waals surface area contributed by atoms with Crippen molar-refractivity contribution in [1.82, 2.24) is 0 Å². The SMILES string of the molecule is CCCCCCCCCC(O)CCCCCCCCCCCCC(O)CCCCCCCCC. The highest BCUT2D eigenvalue weighted by atomic mass is 16.3. The van der Waals surface area contributed by atoms with Gasteiger partial charge in [-0.1, -0.05) is 168 Å². The zero-order valence-corrected chi connectivity index (χ0v) is 23.8. The molecule has 0 fully saturated rings. The summed E-state index contributed by atoms with van der Waals surface area (Å²) in [7, 11) is 0. The Morgan fingerprint density at radius 2 is 0.471 bits per heavy atom. The first-order chi connectivity index (χ1) is 16.7. The molecule has 0 spiro atoms. The van der Waals surface area contributed by atoms with E-state index in [4.69, 9.17) is 0 Å². The molecule has 0 aliphatic carbocycles. The zero-order chi connectivity index (χ0) is 25.0. The highest BCUT2D eigenvalue weighted by molar-refractivity contribution is 4.59. The first-order valence-electron chi connectivity index (χ1n) is 16.1. The van der Waals surface area contributed by atoms with Crippen molar-refractivity contribution in [3.63, 3.8) is 0 Å². The normalized spacial score (nSPS) is 13.4. The molecule has 34 heavy (non-hydrogen) atoms. The lowest BCUT2D eigenvalue weighted by molar-refractivity contribution is 0.146. The third-order valence-electron chi connectivity index (χ3n) is 7.61. The predicted molar refractivity (Wildman–Crippen MR) is 153 cm³/mol. The van der Waals surface area contributed by atoms with Gasteiger partial charge < -0.3 is 10.2 Å². The monoisotopic (exact) mass is 483 g/mol. The number of aliphatic hydroxyl groups is 2. The quantitative estimate of drug-likeness (QED) is 0.104. The Balaban J connectivity index is 3.20. The van der Waals surface area contributed by atoms with Crippen molar-refractivity contribution in [2.24, 2.45) is 0 Å². The van der Waals surface area contributed by atoms with Crippen molar-refractivity contribution < 1.29 is 10.2 Å². The van der Waals surface area contributed by atoms with Crippen molar-refractivity contribution in [3.8, 4) is 0 Å². The fourth-order valence-electron chi connectivity index (χ4n) is 5.14. The van der Waals surface area contributed by atoms with Crippen LogP contribution in [0.4, 0.5) is 0 Å². The Labute approximate surface area is 216 Å². The molecule has 0 rings (SSSR count). The van der Waals surface area contributed by atoms with Gasteiger partial charge in [-0.25, -0.2) is 0 Å². The van der Waals surface area contributed by atoms with Gasteiger partial charge in [-0.2, -0.15) is 0 Å². The second-order valence-corrected chi connectivity index (χ2v) is 11.2. The minimum Gasteiger partial charge on any atom is -0.393 e. The molecule has 2 heteroatoms. The van der Waals surface area contributed by atoms with Gasteiger partial charge in [0.05, 0.1) is 12.2 Å². The summed E-state index contributed by atoms with van der Waals surface area (Å²) in [5.74, 6) is 0. The van der Waals surface area contributed by atoms with Gasteiger partial charge in [-0.15, -0.1) is 0 Å². The highest BCUT2D eigenvalue weighted by Crippen LogP contribution is 2.17. The molecule has 0 aromatic carbocycles. The Morgan fingerprint density at radius 3 is 0.676 bits per heavy atom. The lowest BCUT2D eigenvalue weighted by Crippen LogP contribution is -2.06. The van der Waals surface area contributed by atoms with Crippen LogP contribution >= 0.6 is 0 Å².